The predicted octanol–water partition coefficient (Wildman–Crippen LogP) is 2.58. The van der Waals surface area contributed by atoms with Gasteiger partial charge in [0.05, 0.1) is 11.0 Å². The van der Waals surface area contributed by atoms with Crippen molar-refractivity contribution in [3.05, 3.63) is 60.2 Å². The van der Waals surface area contributed by atoms with Gasteiger partial charge >= 0.3 is 6.09 Å². The van der Waals surface area contributed by atoms with Crippen LogP contribution in [0.5, 0.6) is 0 Å². The lowest BCUT2D eigenvalue weighted by molar-refractivity contribution is 0.113. The van der Waals surface area contributed by atoms with Crippen molar-refractivity contribution in [3.8, 4) is 0 Å². The molecule has 0 bridgehead atoms. The lowest BCUT2D eigenvalue weighted by Gasteiger charge is -2.28. The molecule has 0 radical (unpaired) electrons. The zero-order chi connectivity index (χ0) is 19.3. The van der Waals surface area contributed by atoms with Crippen LogP contribution >= 0.6 is 0 Å². The van der Waals surface area contributed by atoms with Crippen molar-refractivity contribution in [2.75, 3.05) is 18.4 Å². The zero-order valence-corrected chi connectivity index (χ0v) is 15.6. The second kappa shape index (κ2) is 8.51. The zero-order valence-electron chi connectivity index (χ0n) is 14.7. The van der Waals surface area contributed by atoms with Crippen LogP contribution in [0.25, 0.3) is 0 Å². The summed E-state index contributed by atoms with van der Waals surface area (Å²) in [5, 5.41) is 12.1. The van der Waals surface area contributed by atoms with E-state index < -0.39 is 22.2 Å². The van der Waals surface area contributed by atoms with Crippen molar-refractivity contribution in [1.82, 2.24) is 4.31 Å². The topological polar surface area (TPSA) is 95.9 Å². The van der Waals surface area contributed by atoms with Crippen molar-refractivity contribution in [1.29, 1.82) is 0 Å². The molecule has 2 aromatic carbocycles. The highest BCUT2D eigenvalue weighted by atomic mass is 32.2. The van der Waals surface area contributed by atoms with E-state index in [0.717, 1.165) is 5.56 Å². The number of hydrogen-bond donors (Lipinski definition) is 2. The van der Waals surface area contributed by atoms with E-state index in [1.54, 1.807) is 12.1 Å². The summed E-state index contributed by atoms with van der Waals surface area (Å²) in [6.07, 6.45) is -0.273. The summed E-state index contributed by atoms with van der Waals surface area (Å²) in [6, 6.07) is 15.3. The van der Waals surface area contributed by atoms with Crippen molar-refractivity contribution < 1.29 is 23.1 Å². The molecule has 0 atom stereocenters. The number of amides is 1. The highest BCUT2D eigenvalue weighted by molar-refractivity contribution is 7.89. The number of aliphatic hydroxyl groups excluding tert-OH is 1. The quantitative estimate of drug-likeness (QED) is 0.818. The highest BCUT2D eigenvalue weighted by Gasteiger charge is 2.28. The van der Waals surface area contributed by atoms with Gasteiger partial charge in [-0.3, -0.25) is 5.32 Å². The standard InChI is InChI=1S/C19H22N2O5S/c22-17-9-11-21(12-10-17)27(24,25)18-8-4-7-16(13-18)20-19(23)26-14-15-5-2-1-3-6-15/h1-8,13,17,22H,9-12,14H2,(H,20,23). The lowest BCUT2D eigenvalue weighted by Crippen LogP contribution is -2.40. The van der Waals surface area contributed by atoms with Crippen molar-refractivity contribution in [2.45, 2.75) is 30.4 Å². The molecule has 2 N–H and O–H groups in total. The number of rotatable bonds is 5. The van der Waals surface area contributed by atoms with Crippen molar-refractivity contribution in [3.63, 3.8) is 0 Å². The Kier molecular flexibility index (Phi) is 6.10. The van der Waals surface area contributed by atoms with Crippen LogP contribution < -0.4 is 5.32 Å². The minimum atomic E-state index is -3.67. The fourth-order valence-corrected chi connectivity index (χ4v) is 4.36. The van der Waals surface area contributed by atoms with E-state index in [4.69, 9.17) is 4.74 Å². The van der Waals surface area contributed by atoms with Gasteiger partial charge in [-0.15, -0.1) is 0 Å². The van der Waals surface area contributed by atoms with Gasteiger partial charge in [0.2, 0.25) is 10.0 Å². The third-order valence-electron chi connectivity index (χ3n) is 4.35. The van der Waals surface area contributed by atoms with E-state index in [1.807, 2.05) is 30.3 Å². The van der Waals surface area contributed by atoms with E-state index in [1.165, 1.54) is 16.4 Å². The Balaban J connectivity index is 1.63. The summed E-state index contributed by atoms with van der Waals surface area (Å²) >= 11 is 0. The number of carbonyl (C=O) groups is 1. The van der Waals surface area contributed by atoms with Gasteiger partial charge in [-0.25, -0.2) is 13.2 Å². The molecular formula is C19H22N2O5S. The molecule has 1 fully saturated rings. The lowest BCUT2D eigenvalue weighted by atomic mass is 10.1. The van der Waals surface area contributed by atoms with Crippen LogP contribution in [0.1, 0.15) is 18.4 Å². The van der Waals surface area contributed by atoms with Crippen LogP contribution in [-0.2, 0) is 21.4 Å². The summed E-state index contributed by atoms with van der Waals surface area (Å²) in [4.78, 5) is 12.1. The number of carbonyl (C=O) groups excluding carboxylic acids is 1. The summed E-state index contributed by atoms with van der Waals surface area (Å²) in [5.74, 6) is 0. The molecule has 7 nitrogen and oxygen atoms in total. The molecule has 1 heterocycles. The van der Waals surface area contributed by atoms with Gasteiger partial charge < -0.3 is 9.84 Å². The number of nitrogens with zero attached hydrogens (tertiary/aromatic N) is 1. The minimum absolute atomic E-state index is 0.0970. The maximum absolute atomic E-state index is 12.7. The number of ether oxygens (including phenoxy) is 1. The summed E-state index contributed by atoms with van der Waals surface area (Å²) in [5.41, 5.74) is 1.20. The normalized spacial score (nSPS) is 16.0. The van der Waals surface area contributed by atoms with Crippen LogP contribution in [0.2, 0.25) is 0 Å². The molecular weight excluding hydrogens is 368 g/mol. The SMILES string of the molecule is O=C(Nc1cccc(S(=O)(=O)N2CCC(O)CC2)c1)OCc1ccccc1. The number of piperidine rings is 1. The Morgan fingerprint density at radius 3 is 2.52 bits per heavy atom. The number of sulfonamides is 1. The number of anilines is 1. The van der Waals surface area contributed by atoms with Gasteiger partial charge in [0, 0.05) is 18.8 Å². The summed E-state index contributed by atoms with van der Waals surface area (Å²) < 4.78 is 32.0. The molecule has 1 amide bonds. The molecule has 0 spiro atoms. The van der Waals surface area contributed by atoms with Crippen LogP contribution in [-0.4, -0.2) is 43.1 Å². The van der Waals surface area contributed by atoms with Crippen LogP contribution in [0.3, 0.4) is 0 Å². The minimum Gasteiger partial charge on any atom is -0.444 e. The Bertz CT molecular complexity index is 878. The third-order valence-corrected chi connectivity index (χ3v) is 6.25. The first-order valence-corrected chi connectivity index (χ1v) is 10.1. The van der Waals surface area contributed by atoms with Gasteiger partial charge in [0.1, 0.15) is 6.61 Å². The van der Waals surface area contributed by atoms with Crippen molar-refractivity contribution in [2.24, 2.45) is 0 Å². The molecule has 2 aromatic rings. The van der Waals surface area contributed by atoms with E-state index in [0.29, 0.717) is 18.5 Å². The maximum Gasteiger partial charge on any atom is 0.411 e. The molecule has 1 saturated heterocycles. The van der Waals surface area contributed by atoms with Crippen LogP contribution in [0.15, 0.2) is 59.5 Å². The molecule has 144 valence electrons. The molecule has 0 unspecified atom stereocenters. The molecule has 8 heteroatoms. The highest BCUT2D eigenvalue weighted by Crippen LogP contribution is 2.23. The number of benzene rings is 2. The molecule has 3 rings (SSSR count). The van der Waals surface area contributed by atoms with Gasteiger partial charge in [-0.2, -0.15) is 4.31 Å². The summed E-state index contributed by atoms with van der Waals surface area (Å²) in [7, 11) is -3.67. The van der Waals surface area contributed by atoms with E-state index in [2.05, 4.69) is 5.32 Å². The number of nitrogens with one attached hydrogen (secondary N) is 1. The fraction of sp³-hybridized carbons (Fsp3) is 0.316. The van der Waals surface area contributed by atoms with Gasteiger partial charge in [0.15, 0.2) is 0 Å². The molecule has 1 aliphatic rings. The average molecular weight is 390 g/mol. The Labute approximate surface area is 158 Å². The largest absolute Gasteiger partial charge is 0.444 e. The average Bonchev–Trinajstić information content (AvgIpc) is 2.68. The Morgan fingerprint density at radius 2 is 1.81 bits per heavy atom. The van der Waals surface area contributed by atoms with Crippen molar-refractivity contribution >= 4 is 21.8 Å². The number of aliphatic hydroxyl groups is 1. The van der Waals surface area contributed by atoms with Gasteiger partial charge in [-0.1, -0.05) is 36.4 Å². The first kappa shape index (κ1) is 19.3. The van der Waals surface area contributed by atoms with Gasteiger partial charge in [0.25, 0.3) is 0 Å². The fourth-order valence-electron chi connectivity index (χ4n) is 2.84. The second-order valence-corrected chi connectivity index (χ2v) is 8.29. The Morgan fingerprint density at radius 1 is 1.11 bits per heavy atom. The third kappa shape index (κ3) is 5.06. The maximum atomic E-state index is 12.7. The number of hydrogen-bond acceptors (Lipinski definition) is 5. The molecule has 0 aromatic heterocycles. The molecule has 0 aliphatic carbocycles. The smallest absolute Gasteiger partial charge is 0.411 e. The van der Waals surface area contributed by atoms with Crippen LogP contribution in [0.4, 0.5) is 10.5 Å². The summed E-state index contributed by atoms with van der Waals surface area (Å²) in [6.45, 7) is 0.682. The Hall–Kier alpha value is -2.42. The monoisotopic (exact) mass is 390 g/mol. The first-order valence-electron chi connectivity index (χ1n) is 8.71. The predicted molar refractivity (Wildman–Crippen MR) is 101 cm³/mol. The van der Waals surface area contributed by atoms with Gasteiger partial charge in [-0.05, 0) is 36.6 Å². The molecule has 27 heavy (non-hydrogen) atoms. The molecule has 1 aliphatic heterocycles. The molecule has 0 saturated carbocycles. The second-order valence-electron chi connectivity index (χ2n) is 6.35. The first-order chi connectivity index (χ1) is 12.9. The van der Waals surface area contributed by atoms with Crippen LogP contribution in [0, 0.1) is 0 Å². The van der Waals surface area contributed by atoms with E-state index in [-0.39, 0.29) is 24.6 Å². The van der Waals surface area contributed by atoms with E-state index in [9.17, 15) is 18.3 Å². The van der Waals surface area contributed by atoms with E-state index >= 15 is 0 Å².